The van der Waals surface area contributed by atoms with E-state index in [9.17, 15) is 9.59 Å². The monoisotopic (exact) mass is 500 g/mol. The molecule has 0 aromatic heterocycles. The lowest BCUT2D eigenvalue weighted by Crippen LogP contribution is -2.21. The van der Waals surface area contributed by atoms with Crippen LogP contribution in [0.5, 0.6) is 40.2 Å². The Morgan fingerprint density at radius 2 is 1.68 bits per heavy atom. The van der Waals surface area contributed by atoms with Crippen LogP contribution in [0.3, 0.4) is 0 Å². The second-order valence-electron chi connectivity index (χ2n) is 8.88. The summed E-state index contributed by atoms with van der Waals surface area (Å²) in [5.74, 6) is 2.61. The van der Waals surface area contributed by atoms with Gasteiger partial charge in [0.1, 0.15) is 24.7 Å². The zero-order chi connectivity index (χ0) is 25.1. The minimum absolute atomic E-state index is 0.0605. The van der Waals surface area contributed by atoms with E-state index in [1.54, 1.807) is 37.5 Å². The highest BCUT2D eigenvalue weighted by Crippen LogP contribution is 2.52. The molecule has 9 nitrogen and oxygen atoms in total. The zero-order valence-corrected chi connectivity index (χ0v) is 19.7. The topological polar surface area (TPSA) is 98.8 Å². The molecular formula is C28H20O9. The Morgan fingerprint density at radius 3 is 2.54 bits per heavy atom. The molecule has 4 heterocycles. The highest BCUT2D eigenvalue weighted by molar-refractivity contribution is 6.15. The van der Waals surface area contributed by atoms with Gasteiger partial charge in [0.15, 0.2) is 28.8 Å². The van der Waals surface area contributed by atoms with Gasteiger partial charge in [-0.05, 0) is 53.6 Å². The van der Waals surface area contributed by atoms with Crippen molar-refractivity contribution in [3.05, 3.63) is 70.5 Å². The Balaban J connectivity index is 1.30. The molecule has 0 bridgehead atoms. The van der Waals surface area contributed by atoms with Gasteiger partial charge in [-0.1, -0.05) is 6.07 Å². The third-order valence-corrected chi connectivity index (χ3v) is 6.73. The average Bonchev–Trinajstić information content (AvgIpc) is 3.52. The Morgan fingerprint density at radius 1 is 0.838 bits per heavy atom. The molecule has 0 fully saturated rings. The molecule has 37 heavy (non-hydrogen) atoms. The standard InChI is InChI=1S/C28H20O9/c1-31-22-10-15(11-23-28(22)35-13-34-23)17-12-24(29)36-19-5-3-16-26(30)21(37-27(16)25(17)19)9-14-2-4-18-20(8-14)33-7-6-32-18/h2-5,8-11,17H,6-7,12-13H2,1H3. The fourth-order valence-electron chi connectivity index (χ4n) is 5.04. The van der Waals surface area contributed by atoms with Crippen molar-refractivity contribution >= 4 is 17.8 Å². The summed E-state index contributed by atoms with van der Waals surface area (Å²) in [7, 11) is 1.54. The van der Waals surface area contributed by atoms with Crippen LogP contribution in [0, 0.1) is 0 Å². The largest absolute Gasteiger partial charge is 0.493 e. The maximum absolute atomic E-state index is 13.3. The third-order valence-electron chi connectivity index (χ3n) is 6.73. The molecule has 0 radical (unpaired) electrons. The smallest absolute Gasteiger partial charge is 0.312 e. The van der Waals surface area contributed by atoms with Crippen molar-refractivity contribution < 1.29 is 42.7 Å². The maximum atomic E-state index is 13.3. The Kier molecular flexibility index (Phi) is 4.78. The van der Waals surface area contributed by atoms with Crippen LogP contribution in [0.2, 0.25) is 0 Å². The van der Waals surface area contributed by atoms with Crippen molar-refractivity contribution in [2.24, 2.45) is 0 Å². The van der Waals surface area contributed by atoms with Crippen molar-refractivity contribution in [1.29, 1.82) is 0 Å². The predicted molar refractivity (Wildman–Crippen MR) is 128 cm³/mol. The molecule has 1 atom stereocenters. The molecule has 4 aliphatic rings. The van der Waals surface area contributed by atoms with Gasteiger partial charge in [-0.15, -0.1) is 0 Å². The van der Waals surface area contributed by atoms with E-state index in [-0.39, 0.29) is 30.7 Å². The number of rotatable bonds is 3. The van der Waals surface area contributed by atoms with Crippen molar-refractivity contribution in [2.75, 3.05) is 27.1 Å². The Bertz CT molecular complexity index is 1520. The first kappa shape index (κ1) is 21.6. The van der Waals surface area contributed by atoms with E-state index < -0.39 is 5.92 Å². The van der Waals surface area contributed by atoms with Gasteiger partial charge < -0.3 is 33.2 Å². The molecule has 4 aliphatic heterocycles. The van der Waals surface area contributed by atoms with Gasteiger partial charge in [0.25, 0.3) is 0 Å². The summed E-state index contributed by atoms with van der Waals surface area (Å²) in [4.78, 5) is 25.9. The molecule has 0 saturated heterocycles. The molecule has 1 unspecified atom stereocenters. The number of fused-ring (bicyclic) bond motifs is 5. The average molecular weight is 500 g/mol. The van der Waals surface area contributed by atoms with Gasteiger partial charge in [-0.25, -0.2) is 0 Å². The van der Waals surface area contributed by atoms with E-state index in [0.717, 1.165) is 11.1 Å². The molecule has 0 N–H and O–H groups in total. The highest BCUT2D eigenvalue weighted by Gasteiger charge is 2.39. The predicted octanol–water partition coefficient (Wildman–Crippen LogP) is 4.25. The van der Waals surface area contributed by atoms with Crippen LogP contribution in [-0.4, -0.2) is 38.9 Å². The molecular weight excluding hydrogens is 480 g/mol. The summed E-state index contributed by atoms with van der Waals surface area (Å²) in [6.45, 7) is 1.04. The second-order valence-corrected chi connectivity index (χ2v) is 8.88. The first-order valence-corrected chi connectivity index (χ1v) is 11.8. The number of hydrogen-bond donors (Lipinski definition) is 0. The Hall–Kier alpha value is -4.66. The number of esters is 1. The number of ether oxygens (including phenoxy) is 7. The van der Waals surface area contributed by atoms with Crippen molar-refractivity contribution in [1.82, 2.24) is 0 Å². The molecule has 0 amide bonds. The lowest BCUT2D eigenvalue weighted by molar-refractivity contribution is -0.135. The SMILES string of the molecule is COc1cc(C2CC(=O)Oc3ccc4c(c32)OC(=Cc2ccc3c(c2)OCCO3)C4=O)cc2c1OCO2. The van der Waals surface area contributed by atoms with E-state index in [4.69, 9.17) is 33.2 Å². The van der Waals surface area contributed by atoms with E-state index in [1.807, 2.05) is 18.2 Å². The van der Waals surface area contributed by atoms with Gasteiger partial charge in [-0.3, -0.25) is 9.59 Å². The van der Waals surface area contributed by atoms with E-state index in [0.29, 0.717) is 64.6 Å². The first-order chi connectivity index (χ1) is 18.1. The van der Waals surface area contributed by atoms with Crippen LogP contribution in [0.25, 0.3) is 6.08 Å². The molecule has 3 aromatic carbocycles. The zero-order valence-electron chi connectivity index (χ0n) is 19.7. The second kappa shape index (κ2) is 8.19. The number of Topliss-reactive ketones (excluding diaryl/α,β-unsaturated/α-hetero) is 1. The highest BCUT2D eigenvalue weighted by atomic mass is 16.7. The summed E-state index contributed by atoms with van der Waals surface area (Å²) in [6, 6.07) is 12.3. The van der Waals surface area contributed by atoms with Crippen molar-refractivity contribution in [2.45, 2.75) is 12.3 Å². The van der Waals surface area contributed by atoms with Crippen molar-refractivity contribution in [3.63, 3.8) is 0 Å². The fourth-order valence-corrected chi connectivity index (χ4v) is 5.04. The molecule has 0 aliphatic carbocycles. The number of ketones is 1. The lowest BCUT2D eigenvalue weighted by atomic mass is 9.84. The van der Waals surface area contributed by atoms with Gasteiger partial charge in [0.05, 0.1) is 19.1 Å². The molecule has 0 spiro atoms. The van der Waals surface area contributed by atoms with E-state index >= 15 is 0 Å². The molecule has 9 heteroatoms. The number of allylic oxidation sites excluding steroid dienone is 1. The number of carbonyl (C=O) groups is 2. The first-order valence-electron chi connectivity index (χ1n) is 11.8. The quantitative estimate of drug-likeness (QED) is 0.297. The minimum atomic E-state index is -0.448. The maximum Gasteiger partial charge on any atom is 0.312 e. The number of benzene rings is 3. The molecule has 0 saturated carbocycles. The summed E-state index contributed by atoms with van der Waals surface area (Å²) in [5, 5.41) is 0. The summed E-state index contributed by atoms with van der Waals surface area (Å²) < 4.78 is 39.5. The molecule has 3 aromatic rings. The molecule has 7 rings (SSSR count). The minimum Gasteiger partial charge on any atom is -0.493 e. The summed E-state index contributed by atoms with van der Waals surface area (Å²) in [6.07, 6.45) is 1.73. The number of hydrogen-bond acceptors (Lipinski definition) is 9. The normalized spacial score (nSPS) is 19.7. The summed E-state index contributed by atoms with van der Waals surface area (Å²) in [5.41, 5.74) is 2.51. The van der Waals surface area contributed by atoms with Crippen LogP contribution in [-0.2, 0) is 4.79 Å². The third kappa shape index (κ3) is 3.46. The van der Waals surface area contributed by atoms with Gasteiger partial charge in [-0.2, -0.15) is 0 Å². The number of carbonyl (C=O) groups excluding carboxylic acids is 2. The van der Waals surface area contributed by atoms with Crippen LogP contribution < -0.4 is 33.2 Å². The van der Waals surface area contributed by atoms with Gasteiger partial charge >= 0.3 is 5.97 Å². The van der Waals surface area contributed by atoms with E-state index in [1.165, 1.54) is 0 Å². The lowest BCUT2D eigenvalue weighted by Gasteiger charge is -2.26. The summed E-state index contributed by atoms with van der Waals surface area (Å²) >= 11 is 0. The Labute approximate surface area is 211 Å². The van der Waals surface area contributed by atoms with Crippen LogP contribution in [0.4, 0.5) is 0 Å². The van der Waals surface area contributed by atoms with Crippen molar-refractivity contribution in [3.8, 4) is 40.2 Å². The van der Waals surface area contributed by atoms with Crippen LogP contribution >= 0.6 is 0 Å². The van der Waals surface area contributed by atoms with Gasteiger partial charge in [0, 0.05) is 11.5 Å². The van der Waals surface area contributed by atoms with Gasteiger partial charge in [0.2, 0.25) is 18.3 Å². The fraction of sp³-hybridized carbons (Fsp3) is 0.214. The molecule has 186 valence electrons. The van der Waals surface area contributed by atoms with Crippen LogP contribution in [0.15, 0.2) is 48.2 Å². The van der Waals surface area contributed by atoms with E-state index in [2.05, 4.69) is 0 Å². The number of methoxy groups -OCH3 is 1. The van der Waals surface area contributed by atoms with Crippen LogP contribution in [0.1, 0.15) is 39.4 Å².